The van der Waals surface area contributed by atoms with Crippen molar-refractivity contribution >= 4 is 41.4 Å². The van der Waals surface area contributed by atoms with E-state index in [4.69, 9.17) is 25.5 Å². The van der Waals surface area contributed by atoms with Gasteiger partial charge >= 0.3 is 5.97 Å². The predicted molar refractivity (Wildman–Crippen MR) is 216 cm³/mol. The molecule has 2 aromatic carbocycles. The number of nitrogens with zero attached hydrogens (tertiary/aromatic N) is 3. The van der Waals surface area contributed by atoms with Gasteiger partial charge in [0.25, 0.3) is 0 Å². The second kappa shape index (κ2) is 16.9. The zero-order valence-electron chi connectivity index (χ0n) is 32.6. The van der Waals surface area contributed by atoms with E-state index < -0.39 is 18.2 Å². The lowest BCUT2D eigenvalue weighted by molar-refractivity contribution is 0.0524. The average molecular weight is 795 g/mol. The number of rotatable bonds is 11. The highest BCUT2D eigenvalue weighted by Crippen LogP contribution is 2.46. The molecule has 54 heavy (non-hydrogen) atoms. The average Bonchev–Trinajstić information content (AvgIpc) is 3.14. The highest BCUT2D eigenvalue weighted by Gasteiger charge is 2.45. The summed E-state index contributed by atoms with van der Waals surface area (Å²) in [7, 11) is -4.33. The van der Waals surface area contributed by atoms with Gasteiger partial charge in [-0.25, -0.2) is 23.2 Å². The minimum atomic E-state index is -3.57. The number of benzene rings is 2. The monoisotopic (exact) mass is 793 g/mol. The molecule has 5 atom stereocenters. The van der Waals surface area contributed by atoms with E-state index >= 15 is 0 Å². The molecule has 2 aliphatic carbocycles. The Morgan fingerprint density at radius 2 is 1.80 bits per heavy atom. The Bertz CT molecular complexity index is 1920. The SMILES string of the molecule is COC(=O)c1ccc2c(c1)N(C[C@@H]1CC[C@@H]1C(/C=C/[C@H]1CC[C@H]1CS(=O)(=O)c1ncccn1)O[Si](C)(C)C(C)(C)C)CCCCc1cc(Cl)ccc1CO2. The third-order valence-electron chi connectivity index (χ3n) is 12.3. The fourth-order valence-electron chi connectivity index (χ4n) is 7.62. The number of carbonyl (C=O) groups excluding carboxylic acids is 1. The zero-order chi connectivity index (χ0) is 38.7. The number of aryl methyl sites for hydroxylation is 1. The van der Waals surface area contributed by atoms with Gasteiger partial charge < -0.3 is 18.8 Å². The summed E-state index contributed by atoms with van der Waals surface area (Å²) in [6.07, 6.45) is 14.2. The molecule has 2 heterocycles. The Morgan fingerprint density at radius 3 is 2.46 bits per heavy atom. The van der Waals surface area contributed by atoms with Gasteiger partial charge in [0.15, 0.2) is 8.32 Å². The van der Waals surface area contributed by atoms with Crippen LogP contribution >= 0.6 is 11.6 Å². The summed E-state index contributed by atoms with van der Waals surface area (Å²) in [6.45, 7) is 13.4. The number of halogens is 1. The topological polar surface area (TPSA) is 108 Å². The molecule has 0 amide bonds. The third kappa shape index (κ3) is 9.40. The second-order valence-corrected chi connectivity index (χ2v) is 23.9. The van der Waals surface area contributed by atoms with Crippen molar-refractivity contribution in [3.8, 4) is 5.75 Å². The molecule has 0 spiro atoms. The van der Waals surface area contributed by atoms with Crippen molar-refractivity contribution in [1.29, 1.82) is 0 Å². The number of ether oxygens (including phenoxy) is 2. The van der Waals surface area contributed by atoms with E-state index in [1.165, 1.54) is 25.1 Å². The zero-order valence-corrected chi connectivity index (χ0v) is 35.2. The van der Waals surface area contributed by atoms with Crippen LogP contribution in [0.4, 0.5) is 5.69 Å². The molecule has 0 N–H and O–H groups in total. The van der Waals surface area contributed by atoms with E-state index in [0.29, 0.717) is 24.0 Å². The highest BCUT2D eigenvalue weighted by atomic mass is 35.5. The van der Waals surface area contributed by atoms with Crippen molar-refractivity contribution in [2.75, 3.05) is 30.9 Å². The van der Waals surface area contributed by atoms with Gasteiger partial charge in [0.1, 0.15) is 12.4 Å². The van der Waals surface area contributed by atoms with Gasteiger partial charge in [0.05, 0.1) is 30.2 Å². The van der Waals surface area contributed by atoms with E-state index in [1.54, 1.807) is 12.1 Å². The molecule has 292 valence electrons. The largest absolute Gasteiger partial charge is 0.487 e. The maximum absolute atomic E-state index is 13.1. The van der Waals surface area contributed by atoms with E-state index in [1.807, 2.05) is 24.3 Å². The summed E-state index contributed by atoms with van der Waals surface area (Å²) in [5.74, 6) is 1.26. The van der Waals surface area contributed by atoms with Crippen LogP contribution in [0, 0.1) is 23.7 Å². The van der Waals surface area contributed by atoms with Gasteiger partial charge in [0, 0.05) is 30.5 Å². The number of hydrogen-bond donors (Lipinski definition) is 0. The van der Waals surface area contributed by atoms with Crippen molar-refractivity contribution < 1.29 is 27.1 Å². The van der Waals surface area contributed by atoms with Crippen molar-refractivity contribution in [3.63, 3.8) is 0 Å². The summed E-state index contributed by atoms with van der Waals surface area (Å²) in [5, 5.41) is 0.663. The molecule has 0 saturated heterocycles. The molecule has 2 fully saturated rings. The van der Waals surface area contributed by atoms with Crippen LogP contribution in [0.25, 0.3) is 0 Å². The number of carbonyl (C=O) groups is 1. The first kappa shape index (κ1) is 40.4. The number of allylic oxidation sites excluding steroid dienone is 1. The minimum Gasteiger partial charge on any atom is -0.487 e. The number of esters is 1. The molecule has 1 unspecified atom stereocenters. The van der Waals surface area contributed by atoms with Crippen molar-refractivity contribution in [2.24, 2.45) is 23.7 Å². The van der Waals surface area contributed by atoms with Crippen LogP contribution in [0.15, 0.2) is 72.2 Å². The Balaban J connectivity index is 1.25. The Hall–Kier alpha value is -3.25. The van der Waals surface area contributed by atoms with Gasteiger partial charge in [-0.2, -0.15) is 0 Å². The van der Waals surface area contributed by atoms with Gasteiger partial charge in [-0.3, -0.25) is 0 Å². The molecule has 0 radical (unpaired) electrons. The third-order valence-corrected chi connectivity index (χ3v) is 18.6. The summed E-state index contributed by atoms with van der Waals surface area (Å²) in [5.41, 5.74) is 3.72. The molecular weight excluding hydrogens is 738 g/mol. The van der Waals surface area contributed by atoms with Gasteiger partial charge in [-0.1, -0.05) is 50.6 Å². The molecule has 0 bridgehead atoms. The second-order valence-electron chi connectivity index (χ2n) is 16.8. The van der Waals surface area contributed by atoms with Crippen molar-refractivity contribution in [2.45, 2.75) is 102 Å². The van der Waals surface area contributed by atoms with Crippen LogP contribution in [0.2, 0.25) is 23.2 Å². The molecule has 9 nitrogen and oxygen atoms in total. The van der Waals surface area contributed by atoms with Crippen LogP contribution in [0.3, 0.4) is 0 Å². The first-order valence-corrected chi connectivity index (χ1v) is 24.3. The Kier molecular flexibility index (Phi) is 12.6. The molecular formula is C42H56ClN3O6SSi. The lowest BCUT2D eigenvalue weighted by atomic mass is 9.69. The number of aromatic nitrogens is 2. The summed E-state index contributed by atoms with van der Waals surface area (Å²) >= 11 is 6.40. The smallest absolute Gasteiger partial charge is 0.337 e. The first-order chi connectivity index (χ1) is 25.6. The van der Waals surface area contributed by atoms with Gasteiger partial charge in [-0.15, -0.1) is 0 Å². The predicted octanol–water partition coefficient (Wildman–Crippen LogP) is 9.11. The normalized spacial score (nSPS) is 22.8. The number of methoxy groups -OCH3 is 1. The van der Waals surface area contributed by atoms with Crippen molar-refractivity contribution in [3.05, 3.63) is 88.7 Å². The lowest BCUT2D eigenvalue weighted by Gasteiger charge is -2.48. The Morgan fingerprint density at radius 1 is 1.04 bits per heavy atom. The van der Waals surface area contributed by atoms with Crippen LogP contribution in [-0.4, -0.2) is 64.7 Å². The number of hydrogen-bond acceptors (Lipinski definition) is 9. The quantitative estimate of drug-likeness (QED) is 0.0813. The molecule has 6 rings (SSSR count). The van der Waals surface area contributed by atoms with Crippen molar-refractivity contribution in [1.82, 2.24) is 9.97 Å². The van der Waals surface area contributed by atoms with Crippen LogP contribution in [0.5, 0.6) is 5.75 Å². The number of anilines is 1. The maximum atomic E-state index is 13.1. The van der Waals surface area contributed by atoms with Gasteiger partial charge in [0.2, 0.25) is 15.0 Å². The molecule has 1 aliphatic heterocycles. The summed E-state index contributed by atoms with van der Waals surface area (Å²) in [6, 6.07) is 13.2. The molecule has 12 heteroatoms. The standard InChI is InChI=1S/C42H56ClN3O6SSi/c1-42(2,3)54(5,6)52-38(19-15-29-11-12-34(29)28-53(48,49)41-44-21-9-22-45-41)36-18-14-32(36)26-46-23-8-7-10-30-24-35(43)17-13-33(30)27-51-39-20-16-31(25-37(39)46)40(47)50-4/h9,13,15-17,19-22,24-25,29,32,34,36,38H,7-8,10-12,14,18,23,26-28H2,1-6H3/b19-15+/t29-,32+,34+,36+,38?/m1/s1. The van der Waals surface area contributed by atoms with E-state index in [-0.39, 0.29) is 39.9 Å². The van der Waals surface area contributed by atoms with E-state index in [9.17, 15) is 13.2 Å². The van der Waals surface area contributed by atoms with Crippen LogP contribution < -0.4 is 9.64 Å². The fraction of sp³-hybridized carbons (Fsp3) is 0.548. The molecule has 3 aromatic rings. The van der Waals surface area contributed by atoms with E-state index in [0.717, 1.165) is 80.1 Å². The highest BCUT2D eigenvalue weighted by molar-refractivity contribution is 7.91. The van der Waals surface area contributed by atoms with Crippen LogP contribution in [0.1, 0.15) is 80.8 Å². The number of sulfone groups is 1. The first-order valence-electron chi connectivity index (χ1n) is 19.4. The van der Waals surface area contributed by atoms with Gasteiger partial charge in [-0.05, 0) is 134 Å². The molecule has 1 aromatic heterocycles. The lowest BCUT2D eigenvalue weighted by Crippen LogP contribution is -2.50. The minimum absolute atomic E-state index is 0.0292. The maximum Gasteiger partial charge on any atom is 0.337 e. The van der Waals surface area contributed by atoms with E-state index in [2.05, 4.69) is 67.0 Å². The summed E-state index contributed by atoms with van der Waals surface area (Å²) in [4.78, 5) is 23.2. The molecule has 2 saturated carbocycles. The van der Waals surface area contributed by atoms with Crippen LogP contribution in [-0.2, 0) is 32.0 Å². The fourth-order valence-corrected chi connectivity index (χ4v) is 10.7. The number of fused-ring (bicyclic) bond motifs is 2. The summed E-state index contributed by atoms with van der Waals surface area (Å²) < 4.78 is 45.2. The Labute approximate surface area is 327 Å². The molecule has 3 aliphatic rings.